The Morgan fingerprint density at radius 3 is 1.83 bits per heavy atom. The molecule has 0 heterocycles. The molecule has 0 spiro atoms. The van der Waals surface area contributed by atoms with E-state index in [2.05, 4.69) is 0 Å². The summed E-state index contributed by atoms with van der Waals surface area (Å²) in [6, 6.07) is 2.37. The fraction of sp³-hybridized carbons (Fsp3) is 0. The Labute approximate surface area is 79.3 Å². The van der Waals surface area contributed by atoms with E-state index in [0.717, 1.165) is 0 Å². The summed E-state index contributed by atoms with van der Waals surface area (Å²) >= 11 is 11.1. The summed E-state index contributed by atoms with van der Waals surface area (Å²) in [6.45, 7) is 0. The molecular weight excluding hydrogens is 202 g/mol. The number of hydrogen-bond donors (Lipinski definition) is 3. The van der Waals surface area contributed by atoms with Crippen molar-refractivity contribution in [3.63, 3.8) is 0 Å². The number of benzene rings is 1. The molecule has 0 aliphatic carbocycles. The number of aromatic hydroxyl groups is 1. The summed E-state index contributed by atoms with van der Waals surface area (Å²) in [7, 11) is -1.73. The van der Waals surface area contributed by atoms with E-state index in [9.17, 15) is 0 Å². The molecule has 6 heteroatoms. The maximum absolute atomic E-state index is 8.97. The van der Waals surface area contributed by atoms with E-state index < -0.39 is 7.12 Å². The van der Waals surface area contributed by atoms with Gasteiger partial charge in [-0.1, -0.05) is 23.2 Å². The van der Waals surface area contributed by atoms with Crippen molar-refractivity contribution in [1.29, 1.82) is 0 Å². The van der Waals surface area contributed by atoms with Crippen molar-refractivity contribution < 1.29 is 15.2 Å². The maximum Gasteiger partial charge on any atom is 0.491 e. The van der Waals surface area contributed by atoms with Gasteiger partial charge in [0.2, 0.25) is 0 Å². The van der Waals surface area contributed by atoms with Gasteiger partial charge in [-0.3, -0.25) is 0 Å². The lowest BCUT2D eigenvalue weighted by Gasteiger charge is -2.05. The molecule has 3 N–H and O–H groups in total. The van der Waals surface area contributed by atoms with E-state index in [1.807, 2.05) is 0 Å². The van der Waals surface area contributed by atoms with E-state index in [1.54, 1.807) is 0 Å². The molecule has 64 valence electrons. The molecule has 1 rings (SSSR count). The third kappa shape index (κ3) is 1.84. The van der Waals surface area contributed by atoms with Crippen LogP contribution in [0.4, 0.5) is 0 Å². The van der Waals surface area contributed by atoms with E-state index in [-0.39, 0.29) is 21.3 Å². The molecule has 0 amide bonds. The summed E-state index contributed by atoms with van der Waals surface area (Å²) < 4.78 is 0. The molecule has 0 saturated carbocycles. The van der Waals surface area contributed by atoms with Gasteiger partial charge in [0.15, 0.2) is 0 Å². The number of phenolic OH excluding ortho intramolecular Hbond substituents is 1. The van der Waals surface area contributed by atoms with Crippen molar-refractivity contribution in [2.45, 2.75) is 0 Å². The van der Waals surface area contributed by atoms with Crippen LogP contribution in [0.25, 0.3) is 0 Å². The molecule has 0 aliphatic rings. The van der Waals surface area contributed by atoms with Gasteiger partial charge >= 0.3 is 7.12 Å². The fourth-order valence-corrected chi connectivity index (χ4v) is 1.49. The van der Waals surface area contributed by atoms with Crippen LogP contribution in [0.1, 0.15) is 0 Å². The smallest absolute Gasteiger partial charge is 0.491 e. The third-order valence-electron chi connectivity index (χ3n) is 1.32. The highest BCUT2D eigenvalue weighted by molar-refractivity contribution is 6.66. The van der Waals surface area contributed by atoms with E-state index in [1.165, 1.54) is 12.1 Å². The molecule has 3 nitrogen and oxygen atoms in total. The van der Waals surface area contributed by atoms with Crippen molar-refractivity contribution in [3.8, 4) is 5.75 Å². The van der Waals surface area contributed by atoms with Crippen LogP contribution in [0.5, 0.6) is 5.75 Å². The number of hydrogen-bond acceptors (Lipinski definition) is 3. The number of rotatable bonds is 1. The molecule has 0 saturated heterocycles. The fourth-order valence-electron chi connectivity index (χ4n) is 0.818. The topological polar surface area (TPSA) is 60.7 Å². The Kier molecular flexibility index (Phi) is 2.85. The second-order valence-corrected chi connectivity index (χ2v) is 3.01. The van der Waals surface area contributed by atoms with Crippen LogP contribution in [0.3, 0.4) is 0 Å². The SMILES string of the molecule is OB(O)c1c(Cl)cc(O)cc1Cl. The highest BCUT2D eigenvalue weighted by Crippen LogP contribution is 2.21. The average Bonchev–Trinajstić information content (AvgIpc) is 1.82. The van der Waals surface area contributed by atoms with Gasteiger partial charge < -0.3 is 15.2 Å². The van der Waals surface area contributed by atoms with Crippen LogP contribution in [0.15, 0.2) is 12.1 Å². The molecule has 0 radical (unpaired) electrons. The minimum atomic E-state index is -1.73. The Hall–Kier alpha value is -0.415. The van der Waals surface area contributed by atoms with Crippen molar-refractivity contribution >= 4 is 35.8 Å². The third-order valence-corrected chi connectivity index (χ3v) is 1.95. The Morgan fingerprint density at radius 2 is 1.50 bits per heavy atom. The minimum absolute atomic E-state index is 0.00358. The summed E-state index contributed by atoms with van der Waals surface area (Å²) in [4.78, 5) is 0. The van der Waals surface area contributed by atoms with Gasteiger partial charge in [-0.05, 0) is 12.1 Å². The van der Waals surface area contributed by atoms with Gasteiger partial charge in [0.25, 0.3) is 0 Å². The molecule has 0 unspecified atom stereocenters. The molecule has 1 aromatic carbocycles. The standard InChI is InChI=1S/C6H5BCl2O3/c8-4-1-3(10)2-5(9)6(4)7(11)12/h1-2,10-12H. The van der Waals surface area contributed by atoms with E-state index >= 15 is 0 Å². The number of halogens is 2. The lowest BCUT2D eigenvalue weighted by atomic mass is 9.80. The molecule has 0 atom stereocenters. The largest absolute Gasteiger partial charge is 0.508 e. The van der Waals surface area contributed by atoms with Gasteiger partial charge in [-0.15, -0.1) is 0 Å². The van der Waals surface area contributed by atoms with Gasteiger partial charge in [0, 0.05) is 15.5 Å². The van der Waals surface area contributed by atoms with E-state index in [4.69, 9.17) is 38.4 Å². The second kappa shape index (κ2) is 3.54. The first-order valence-corrected chi connectivity index (χ1v) is 3.82. The zero-order valence-electron chi connectivity index (χ0n) is 5.83. The van der Waals surface area contributed by atoms with Crippen LogP contribution in [0, 0.1) is 0 Å². The zero-order valence-corrected chi connectivity index (χ0v) is 7.34. The van der Waals surface area contributed by atoms with Gasteiger partial charge in [-0.25, -0.2) is 0 Å². The summed E-state index contributed by atoms with van der Waals surface area (Å²) in [5, 5.41) is 26.6. The Bertz CT molecular complexity index is 280. The predicted molar refractivity (Wildman–Crippen MR) is 48.0 cm³/mol. The normalized spacial score (nSPS) is 10.0. The minimum Gasteiger partial charge on any atom is -0.508 e. The average molecular weight is 207 g/mol. The first-order chi connectivity index (χ1) is 5.52. The van der Waals surface area contributed by atoms with Crippen molar-refractivity contribution in [2.24, 2.45) is 0 Å². The summed E-state index contributed by atoms with van der Waals surface area (Å²) in [6.07, 6.45) is 0. The van der Waals surface area contributed by atoms with E-state index in [0.29, 0.717) is 0 Å². The van der Waals surface area contributed by atoms with Gasteiger partial charge in [0.1, 0.15) is 5.75 Å². The highest BCUT2D eigenvalue weighted by atomic mass is 35.5. The Morgan fingerprint density at radius 1 is 1.08 bits per heavy atom. The van der Waals surface area contributed by atoms with Crippen LogP contribution in [-0.4, -0.2) is 22.3 Å². The lowest BCUT2D eigenvalue weighted by Crippen LogP contribution is -2.31. The predicted octanol–water partition coefficient (Wildman–Crippen LogP) is 0.379. The van der Waals surface area contributed by atoms with Crippen LogP contribution in [0.2, 0.25) is 10.0 Å². The Balaban J connectivity index is 3.28. The van der Waals surface area contributed by atoms with Crippen LogP contribution >= 0.6 is 23.2 Å². The lowest BCUT2D eigenvalue weighted by molar-refractivity contribution is 0.425. The first kappa shape index (κ1) is 9.67. The van der Waals surface area contributed by atoms with Crippen LogP contribution in [-0.2, 0) is 0 Å². The quantitative estimate of drug-likeness (QED) is 0.583. The summed E-state index contributed by atoms with van der Waals surface area (Å²) in [5.74, 6) is -0.116. The van der Waals surface area contributed by atoms with Crippen molar-refractivity contribution in [1.82, 2.24) is 0 Å². The zero-order chi connectivity index (χ0) is 9.30. The molecular formula is C6H5BCl2O3. The summed E-state index contributed by atoms with van der Waals surface area (Å²) in [5.41, 5.74) is -0.00358. The van der Waals surface area contributed by atoms with Crippen molar-refractivity contribution in [2.75, 3.05) is 0 Å². The van der Waals surface area contributed by atoms with Crippen LogP contribution < -0.4 is 5.46 Å². The molecule has 0 aromatic heterocycles. The molecule has 12 heavy (non-hydrogen) atoms. The second-order valence-electron chi connectivity index (χ2n) is 2.20. The number of phenols is 1. The first-order valence-electron chi connectivity index (χ1n) is 3.06. The molecule has 0 fully saturated rings. The van der Waals surface area contributed by atoms with Gasteiger partial charge in [0.05, 0.1) is 0 Å². The van der Waals surface area contributed by atoms with Crippen molar-refractivity contribution in [3.05, 3.63) is 22.2 Å². The molecule has 1 aromatic rings. The molecule has 0 aliphatic heterocycles. The molecule has 0 bridgehead atoms. The monoisotopic (exact) mass is 206 g/mol. The highest BCUT2D eigenvalue weighted by Gasteiger charge is 2.19. The maximum atomic E-state index is 8.97. The van der Waals surface area contributed by atoms with Gasteiger partial charge in [-0.2, -0.15) is 0 Å².